The van der Waals surface area contributed by atoms with Crippen molar-refractivity contribution in [2.75, 3.05) is 5.75 Å². The van der Waals surface area contributed by atoms with Crippen LogP contribution in [0, 0.1) is 0 Å². The lowest BCUT2D eigenvalue weighted by molar-refractivity contribution is -0.109. The lowest BCUT2D eigenvalue weighted by atomic mass is 9.93. The van der Waals surface area contributed by atoms with Gasteiger partial charge in [-0.05, 0) is 23.1 Å². The quantitative estimate of drug-likeness (QED) is 0.857. The molecule has 0 bridgehead atoms. The molecule has 0 heterocycles. The minimum atomic E-state index is -0.969. The normalized spacial score (nSPS) is 13.6. The molecule has 0 saturated heterocycles. The summed E-state index contributed by atoms with van der Waals surface area (Å²) in [5, 5.41) is 20.7. The van der Waals surface area contributed by atoms with Crippen LogP contribution in [0.3, 0.4) is 0 Å². The number of aliphatic hydroxyl groups is 2. The van der Waals surface area contributed by atoms with E-state index in [9.17, 15) is 15.0 Å². The van der Waals surface area contributed by atoms with Crippen molar-refractivity contribution in [3.05, 3.63) is 60.2 Å². The molecule has 0 spiro atoms. The van der Waals surface area contributed by atoms with Gasteiger partial charge in [0.1, 0.15) is 6.10 Å². The summed E-state index contributed by atoms with van der Waals surface area (Å²) in [6, 6.07) is 17.3. The highest BCUT2D eigenvalue weighted by Gasteiger charge is 2.21. The van der Waals surface area contributed by atoms with E-state index in [4.69, 9.17) is 0 Å². The third-order valence-electron chi connectivity index (χ3n) is 3.45. The van der Waals surface area contributed by atoms with Crippen LogP contribution in [-0.4, -0.2) is 27.2 Å². The van der Waals surface area contributed by atoms with Crippen LogP contribution >= 0.6 is 11.8 Å². The molecule has 116 valence electrons. The smallest absolute Gasteiger partial charge is 0.185 e. The summed E-state index contributed by atoms with van der Waals surface area (Å²) in [5.74, 6) is 0.501. The third-order valence-corrected chi connectivity index (χ3v) is 4.29. The molecular formula is C18H20O3S. The summed E-state index contributed by atoms with van der Waals surface area (Å²) in [7, 11) is 0. The molecule has 0 fully saturated rings. The standard InChI is InChI=1S/C18H20O3S/c1-13(19)22-12-11-17(20)18(21)16-10-6-5-9-15(16)14-7-3-2-4-8-14/h2-10,17-18,20-21H,11-12H2,1H3. The zero-order valence-corrected chi connectivity index (χ0v) is 13.3. The van der Waals surface area contributed by atoms with Gasteiger partial charge in [0, 0.05) is 12.7 Å². The van der Waals surface area contributed by atoms with Crippen LogP contribution in [0.5, 0.6) is 0 Å². The van der Waals surface area contributed by atoms with Gasteiger partial charge in [-0.1, -0.05) is 66.4 Å². The van der Waals surface area contributed by atoms with Gasteiger partial charge in [-0.25, -0.2) is 0 Å². The van der Waals surface area contributed by atoms with E-state index >= 15 is 0 Å². The molecule has 3 nitrogen and oxygen atoms in total. The van der Waals surface area contributed by atoms with Crippen molar-refractivity contribution in [3.8, 4) is 11.1 Å². The molecule has 2 aromatic rings. The van der Waals surface area contributed by atoms with E-state index in [-0.39, 0.29) is 5.12 Å². The van der Waals surface area contributed by atoms with Crippen LogP contribution in [-0.2, 0) is 4.79 Å². The minimum Gasteiger partial charge on any atom is -0.390 e. The van der Waals surface area contributed by atoms with E-state index in [0.717, 1.165) is 22.9 Å². The van der Waals surface area contributed by atoms with Crippen LogP contribution in [0.4, 0.5) is 0 Å². The second-order valence-corrected chi connectivity index (χ2v) is 6.37. The molecule has 0 aliphatic rings. The monoisotopic (exact) mass is 316 g/mol. The number of aliphatic hydroxyl groups excluding tert-OH is 2. The molecule has 2 N–H and O–H groups in total. The Hall–Kier alpha value is -1.62. The van der Waals surface area contributed by atoms with Crippen molar-refractivity contribution in [2.45, 2.75) is 25.6 Å². The molecule has 0 amide bonds. The Balaban J connectivity index is 2.16. The molecule has 0 radical (unpaired) electrons. The first-order valence-electron chi connectivity index (χ1n) is 7.23. The molecule has 0 aliphatic carbocycles. The fourth-order valence-corrected chi connectivity index (χ4v) is 2.97. The van der Waals surface area contributed by atoms with Crippen molar-refractivity contribution in [1.82, 2.24) is 0 Å². The highest BCUT2D eigenvalue weighted by atomic mass is 32.2. The van der Waals surface area contributed by atoms with Crippen LogP contribution in [0.25, 0.3) is 11.1 Å². The lowest BCUT2D eigenvalue weighted by Gasteiger charge is -2.21. The summed E-state index contributed by atoms with van der Waals surface area (Å²) >= 11 is 1.16. The number of hydrogen-bond donors (Lipinski definition) is 2. The summed E-state index contributed by atoms with van der Waals surface area (Å²) in [5.41, 5.74) is 2.62. The van der Waals surface area contributed by atoms with Crippen LogP contribution < -0.4 is 0 Å². The lowest BCUT2D eigenvalue weighted by Crippen LogP contribution is -2.19. The predicted octanol–water partition coefficient (Wildman–Crippen LogP) is 3.42. The summed E-state index contributed by atoms with van der Waals surface area (Å²) in [6.45, 7) is 1.50. The van der Waals surface area contributed by atoms with Gasteiger partial charge in [-0.15, -0.1) is 0 Å². The Kier molecular flexibility index (Phi) is 6.19. The van der Waals surface area contributed by atoms with E-state index in [1.165, 1.54) is 6.92 Å². The summed E-state index contributed by atoms with van der Waals surface area (Å²) in [6.07, 6.45) is -1.49. The Morgan fingerprint density at radius 1 is 1.05 bits per heavy atom. The SMILES string of the molecule is CC(=O)SCCC(O)C(O)c1ccccc1-c1ccccc1. The number of rotatable bonds is 6. The van der Waals surface area contributed by atoms with Crippen LogP contribution in [0.15, 0.2) is 54.6 Å². The van der Waals surface area contributed by atoms with E-state index in [1.54, 1.807) is 0 Å². The number of carbonyl (C=O) groups is 1. The molecule has 0 aromatic heterocycles. The van der Waals surface area contributed by atoms with Gasteiger partial charge >= 0.3 is 0 Å². The zero-order valence-electron chi connectivity index (χ0n) is 12.5. The van der Waals surface area contributed by atoms with Crippen LogP contribution in [0.1, 0.15) is 25.0 Å². The summed E-state index contributed by atoms with van der Waals surface area (Å²) < 4.78 is 0. The van der Waals surface area contributed by atoms with Crippen LogP contribution in [0.2, 0.25) is 0 Å². The molecular weight excluding hydrogens is 296 g/mol. The maximum Gasteiger partial charge on any atom is 0.185 e. The first-order valence-corrected chi connectivity index (χ1v) is 8.22. The largest absolute Gasteiger partial charge is 0.390 e. The average molecular weight is 316 g/mol. The Morgan fingerprint density at radius 3 is 2.36 bits per heavy atom. The Labute approximate surface area is 135 Å². The van der Waals surface area contributed by atoms with E-state index in [2.05, 4.69) is 0 Å². The number of benzene rings is 2. The summed E-state index contributed by atoms with van der Waals surface area (Å²) in [4.78, 5) is 10.9. The van der Waals surface area contributed by atoms with Gasteiger partial charge < -0.3 is 10.2 Å². The van der Waals surface area contributed by atoms with Crippen molar-refractivity contribution in [2.24, 2.45) is 0 Å². The molecule has 2 atom stereocenters. The number of carbonyl (C=O) groups excluding carboxylic acids is 1. The highest BCUT2D eigenvalue weighted by Crippen LogP contribution is 2.30. The average Bonchev–Trinajstić information content (AvgIpc) is 2.54. The maximum atomic E-state index is 10.9. The topological polar surface area (TPSA) is 57.5 Å². The van der Waals surface area contributed by atoms with E-state index < -0.39 is 12.2 Å². The molecule has 22 heavy (non-hydrogen) atoms. The number of hydrogen-bond acceptors (Lipinski definition) is 4. The van der Waals surface area contributed by atoms with Crippen molar-refractivity contribution < 1.29 is 15.0 Å². The second kappa shape index (κ2) is 8.13. The van der Waals surface area contributed by atoms with Crippen molar-refractivity contribution in [1.29, 1.82) is 0 Å². The van der Waals surface area contributed by atoms with E-state index in [1.807, 2.05) is 54.6 Å². The molecule has 0 aliphatic heterocycles. The van der Waals surface area contributed by atoms with Crippen molar-refractivity contribution >= 4 is 16.9 Å². The molecule has 2 aromatic carbocycles. The van der Waals surface area contributed by atoms with Gasteiger partial charge in [0.2, 0.25) is 0 Å². The van der Waals surface area contributed by atoms with E-state index in [0.29, 0.717) is 17.7 Å². The van der Waals surface area contributed by atoms with Gasteiger partial charge in [0.25, 0.3) is 0 Å². The zero-order chi connectivity index (χ0) is 15.9. The minimum absolute atomic E-state index is 0.0198. The second-order valence-electron chi connectivity index (χ2n) is 5.09. The molecule has 2 rings (SSSR count). The predicted molar refractivity (Wildman–Crippen MR) is 90.6 cm³/mol. The third kappa shape index (κ3) is 4.44. The first kappa shape index (κ1) is 16.7. The fourth-order valence-electron chi connectivity index (χ4n) is 2.32. The maximum absolute atomic E-state index is 10.9. The fraction of sp³-hybridized carbons (Fsp3) is 0.278. The van der Waals surface area contributed by atoms with Crippen molar-refractivity contribution in [3.63, 3.8) is 0 Å². The van der Waals surface area contributed by atoms with Gasteiger partial charge in [0.15, 0.2) is 5.12 Å². The van der Waals surface area contributed by atoms with Gasteiger partial charge in [0.05, 0.1) is 6.10 Å². The molecule has 2 unspecified atom stereocenters. The Morgan fingerprint density at radius 2 is 1.68 bits per heavy atom. The first-order chi connectivity index (χ1) is 10.6. The molecule has 4 heteroatoms. The van der Waals surface area contributed by atoms with Gasteiger partial charge in [-0.2, -0.15) is 0 Å². The molecule has 0 saturated carbocycles. The number of thioether (sulfide) groups is 1. The van der Waals surface area contributed by atoms with Gasteiger partial charge in [-0.3, -0.25) is 4.79 Å². The highest BCUT2D eigenvalue weighted by molar-refractivity contribution is 8.13. The Bertz CT molecular complexity index is 613.